The summed E-state index contributed by atoms with van der Waals surface area (Å²) in [6, 6.07) is 4.44. The van der Waals surface area contributed by atoms with Crippen molar-refractivity contribution in [1.82, 2.24) is 10.2 Å². The average Bonchev–Trinajstić information content (AvgIpc) is 2.98. The zero-order valence-electron chi connectivity index (χ0n) is 11.7. The number of halogens is 1. The van der Waals surface area contributed by atoms with Gasteiger partial charge in [0.1, 0.15) is 0 Å². The first-order chi connectivity index (χ1) is 9.56. The Hall–Kier alpha value is -1.66. The van der Waals surface area contributed by atoms with Crippen LogP contribution in [-0.2, 0) is 0 Å². The van der Waals surface area contributed by atoms with Gasteiger partial charge in [0.05, 0.1) is 4.92 Å². The minimum absolute atomic E-state index is 0. The van der Waals surface area contributed by atoms with Crippen molar-refractivity contribution in [2.24, 2.45) is 11.8 Å². The molecular formula is C14H18ClN3O3. The number of carbonyl (C=O) groups is 1. The van der Waals surface area contributed by atoms with E-state index in [1.54, 1.807) is 13.0 Å². The van der Waals surface area contributed by atoms with Gasteiger partial charge in [0.2, 0.25) is 0 Å². The van der Waals surface area contributed by atoms with Crippen molar-refractivity contribution in [2.45, 2.75) is 6.92 Å². The van der Waals surface area contributed by atoms with Crippen molar-refractivity contribution in [3.8, 4) is 0 Å². The predicted molar refractivity (Wildman–Crippen MR) is 80.8 cm³/mol. The third-order valence-electron chi connectivity index (χ3n) is 4.33. The third-order valence-corrected chi connectivity index (χ3v) is 4.33. The van der Waals surface area contributed by atoms with E-state index in [9.17, 15) is 14.9 Å². The number of nitro benzene ring substituents is 1. The smallest absolute Gasteiger partial charge is 0.269 e. The minimum Gasteiger partial charge on any atom is -0.338 e. The summed E-state index contributed by atoms with van der Waals surface area (Å²) < 4.78 is 0. The van der Waals surface area contributed by atoms with E-state index in [0.29, 0.717) is 23.0 Å². The Balaban J connectivity index is 0.00000161. The van der Waals surface area contributed by atoms with Crippen LogP contribution in [0.3, 0.4) is 0 Å². The zero-order chi connectivity index (χ0) is 14.3. The Morgan fingerprint density at radius 1 is 1.33 bits per heavy atom. The number of carbonyl (C=O) groups excluding carboxylic acids is 1. The summed E-state index contributed by atoms with van der Waals surface area (Å²) in [5.41, 5.74) is 1.27. The van der Waals surface area contributed by atoms with E-state index >= 15 is 0 Å². The quantitative estimate of drug-likeness (QED) is 0.665. The van der Waals surface area contributed by atoms with Gasteiger partial charge in [-0.3, -0.25) is 14.9 Å². The number of amides is 1. The Labute approximate surface area is 129 Å². The lowest BCUT2D eigenvalue weighted by molar-refractivity contribution is -0.384. The summed E-state index contributed by atoms with van der Waals surface area (Å²) in [5, 5.41) is 14.1. The number of rotatable bonds is 2. The molecule has 0 aromatic heterocycles. The molecule has 0 bridgehead atoms. The molecule has 21 heavy (non-hydrogen) atoms. The van der Waals surface area contributed by atoms with Crippen LogP contribution in [0.4, 0.5) is 5.69 Å². The summed E-state index contributed by atoms with van der Waals surface area (Å²) in [4.78, 5) is 24.7. The maximum absolute atomic E-state index is 12.5. The van der Waals surface area contributed by atoms with Crippen molar-refractivity contribution in [1.29, 1.82) is 0 Å². The van der Waals surface area contributed by atoms with Crippen LogP contribution < -0.4 is 5.32 Å². The molecular weight excluding hydrogens is 294 g/mol. The highest BCUT2D eigenvalue weighted by atomic mass is 35.5. The highest BCUT2D eigenvalue weighted by Gasteiger charge is 2.38. The molecule has 2 saturated heterocycles. The van der Waals surface area contributed by atoms with Gasteiger partial charge in [-0.05, 0) is 30.4 Å². The Morgan fingerprint density at radius 2 is 1.95 bits per heavy atom. The van der Waals surface area contributed by atoms with Crippen LogP contribution in [0.2, 0.25) is 0 Å². The number of fused-ring (bicyclic) bond motifs is 1. The summed E-state index contributed by atoms with van der Waals surface area (Å²) in [5.74, 6) is 1.10. The van der Waals surface area contributed by atoms with Crippen molar-refractivity contribution in [2.75, 3.05) is 26.2 Å². The molecule has 6 nitrogen and oxygen atoms in total. The molecule has 2 heterocycles. The van der Waals surface area contributed by atoms with Gasteiger partial charge in [0.25, 0.3) is 11.6 Å². The van der Waals surface area contributed by atoms with Gasteiger partial charge in [-0.1, -0.05) is 0 Å². The number of hydrogen-bond acceptors (Lipinski definition) is 4. The van der Waals surface area contributed by atoms with Crippen LogP contribution in [0.25, 0.3) is 0 Å². The molecule has 0 spiro atoms. The summed E-state index contributed by atoms with van der Waals surface area (Å²) >= 11 is 0. The second kappa shape index (κ2) is 5.99. The largest absolute Gasteiger partial charge is 0.338 e. The fourth-order valence-electron chi connectivity index (χ4n) is 3.19. The van der Waals surface area contributed by atoms with Gasteiger partial charge in [-0.2, -0.15) is 0 Å². The van der Waals surface area contributed by atoms with E-state index in [-0.39, 0.29) is 24.0 Å². The molecule has 1 N–H and O–H groups in total. The zero-order valence-corrected chi connectivity index (χ0v) is 12.6. The molecule has 2 aliphatic heterocycles. The van der Waals surface area contributed by atoms with E-state index in [1.165, 1.54) is 12.1 Å². The molecule has 1 aromatic carbocycles. The number of hydrogen-bond donors (Lipinski definition) is 1. The monoisotopic (exact) mass is 311 g/mol. The fourth-order valence-corrected chi connectivity index (χ4v) is 3.19. The van der Waals surface area contributed by atoms with Gasteiger partial charge in [0.15, 0.2) is 0 Å². The number of benzene rings is 1. The summed E-state index contributed by atoms with van der Waals surface area (Å²) in [6.45, 7) is 5.28. The molecule has 1 aromatic rings. The number of aryl methyl sites for hydroxylation is 1. The molecule has 2 fully saturated rings. The van der Waals surface area contributed by atoms with Crippen LogP contribution in [0.1, 0.15) is 15.9 Å². The number of likely N-dealkylation sites (tertiary alicyclic amines) is 1. The Kier molecular flexibility index (Phi) is 4.49. The minimum atomic E-state index is -0.437. The lowest BCUT2D eigenvalue weighted by Gasteiger charge is -2.18. The molecule has 1 amide bonds. The van der Waals surface area contributed by atoms with Crippen LogP contribution in [0, 0.1) is 28.9 Å². The molecule has 0 radical (unpaired) electrons. The number of nitrogens with one attached hydrogen (secondary N) is 1. The third kappa shape index (κ3) is 2.87. The first-order valence-corrected chi connectivity index (χ1v) is 6.81. The highest BCUT2D eigenvalue weighted by molar-refractivity contribution is 5.96. The van der Waals surface area contributed by atoms with E-state index in [0.717, 1.165) is 26.2 Å². The lowest BCUT2D eigenvalue weighted by Crippen LogP contribution is -2.32. The molecule has 114 valence electrons. The van der Waals surface area contributed by atoms with Gasteiger partial charge in [-0.25, -0.2) is 0 Å². The summed E-state index contributed by atoms with van der Waals surface area (Å²) in [6.07, 6.45) is 0. The van der Waals surface area contributed by atoms with E-state index in [4.69, 9.17) is 0 Å². The first kappa shape index (κ1) is 15.7. The maximum Gasteiger partial charge on any atom is 0.269 e. The first-order valence-electron chi connectivity index (χ1n) is 6.81. The molecule has 0 saturated carbocycles. The van der Waals surface area contributed by atoms with Gasteiger partial charge in [0, 0.05) is 43.9 Å². The van der Waals surface area contributed by atoms with Crippen LogP contribution in [0.5, 0.6) is 0 Å². The van der Waals surface area contributed by atoms with E-state index in [2.05, 4.69) is 5.32 Å². The average molecular weight is 312 g/mol. The van der Waals surface area contributed by atoms with Crippen LogP contribution in [-0.4, -0.2) is 41.9 Å². The number of nitrogens with zero attached hydrogens (tertiary/aromatic N) is 2. The molecule has 0 aliphatic carbocycles. The van der Waals surface area contributed by atoms with Crippen LogP contribution >= 0.6 is 12.4 Å². The standard InChI is InChI=1S/C14H17N3O3.ClH/c1-9-4-12(17(19)20)2-3-13(9)14(18)16-7-10-5-15-6-11(10)8-16;/h2-4,10-11,15H,5-8H2,1H3;1H/t10-,11+;. The SMILES string of the molecule is Cc1cc([N+](=O)[O-])ccc1C(=O)N1C[C@H]2CNC[C@H]2C1.Cl. The van der Waals surface area contributed by atoms with Crippen molar-refractivity contribution in [3.63, 3.8) is 0 Å². The van der Waals surface area contributed by atoms with E-state index < -0.39 is 4.92 Å². The summed E-state index contributed by atoms with van der Waals surface area (Å²) in [7, 11) is 0. The second-order valence-corrected chi connectivity index (χ2v) is 5.64. The van der Waals surface area contributed by atoms with Gasteiger partial charge in [-0.15, -0.1) is 12.4 Å². The maximum atomic E-state index is 12.5. The molecule has 3 rings (SSSR count). The highest BCUT2D eigenvalue weighted by Crippen LogP contribution is 2.28. The second-order valence-electron chi connectivity index (χ2n) is 5.64. The molecule has 2 atom stereocenters. The number of nitro groups is 1. The van der Waals surface area contributed by atoms with Crippen molar-refractivity contribution < 1.29 is 9.72 Å². The van der Waals surface area contributed by atoms with Crippen molar-refractivity contribution in [3.05, 3.63) is 39.4 Å². The lowest BCUT2D eigenvalue weighted by atomic mass is 10.0. The Bertz CT molecular complexity index is 567. The molecule has 7 heteroatoms. The van der Waals surface area contributed by atoms with Gasteiger partial charge < -0.3 is 10.2 Å². The molecule has 0 unspecified atom stereocenters. The van der Waals surface area contributed by atoms with Crippen LogP contribution in [0.15, 0.2) is 18.2 Å². The Morgan fingerprint density at radius 3 is 2.48 bits per heavy atom. The number of non-ortho nitro benzene ring substituents is 1. The fraction of sp³-hybridized carbons (Fsp3) is 0.500. The van der Waals surface area contributed by atoms with Crippen molar-refractivity contribution >= 4 is 24.0 Å². The topological polar surface area (TPSA) is 75.5 Å². The molecule has 2 aliphatic rings. The van der Waals surface area contributed by atoms with E-state index in [1.807, 2.05) is 4.90 Å². The normalized spacial score (nSPS) is 23.6. The van der Waals surface area contributed by atoms with Gasteiger partial charge >= 0.3 is 0 Å². The predicted octanol–water partition coefficient (Wildman–Crippen LogP) is 1.62.